The summed E-state index contributed by atoms with van der Waals surface area (Å²) in [5.41, 5.74) is 7.52. The zero-order chi connectivity index (χ0) is 17.3. The maximum atomic E-state index is 12.4. The highest BCUT2D eigenvalue weighted by atomic mass is 16.2. The Morgan fingerprint density at radius 1 is 1.16 bits per heavy atom. The third kappa shape index (κ3) is 3.32. The number of nitrogens with zero attached hydrogens (tertiary/aromatic N) is 4. The molecule has 2 aliphatic carbocycles. The van der Waals surface area contributed by atoms with Gasteiger partial charge in [-0.2, -0.15) is 0 Å². The molecular weight excluding hydrogens is 316 g/mol. The minimum absolute atomic E-state index is 0.0149. The SMILES string of the molecule is Nc1ncnc2c1ncn2CC(=O)NC1CCC2(CCCCC2)CC1. The Hall–Kier alpha value is -2.18. The van der Waals surface area contributed by atoms with Crippen molar-refractivity contribution >= 4 is 22.9 Å². The number of hydrogen-bond donors (Lipinski definition) is 2. The highest BCUT2D eigenvalue weighted by molar-refractivity contribution is 5.83. The molecule has 2 aromatic heterocycles. The second-order valence-electron chi connectivity index (χ2n) is 7.71. The van der Waals surface area contributed by atoms with Gasteiger partial charge in [0.1, 0.15) is 18.4 Å². The summed E-state index contributed by atoms with van der Waals surface area (Å²) >= 11 is 0. The number of fused-ring (bicyclic) bond motifs is 1. The molecule has 0 aromatic carbocycles. The Morgan fingerprint density at radius 3 is 2.68 bits per heavy atom. The fourth-order valence-corrected chi connectivity index (χ4v) is 4.62. The number of imidazole rings is 1. The molecule has 25 heavy (non-hydrogen) atoms. The minimum atomic E-state index is 0.0149. The standard InChI is InChI=1S/C18H26N6O/c19-16-15-17(21-11-20-16)24(12-22-15)10-14(25)23-13-4-8-18(9-5-13)6-2-1-3-7-18/h11-13H,1-10H2,(H,23,25)(H2,19,20,21). The second kappa shape index (κ2) is 6.61. The van der Waals surface area contributed by atoms with E-state index in [1.807, 2.05) is 0 Å². The van der Waals surface area contributed by atoms with Gasteiger partial charge < -0.3 is 15.6 Å². The van der Waals surface area contributed by atoms with E-state index < -0.39 is 0 Å². The zero-order valence-corrected chi connectivity index (χ0v) is 14.6. The molecule has 2 fully saturated rings. The quantitative estimate of drug-likeness (QED) is 0.892. The third-order valence-electron chi connectivity index (χ3n) is 6.07. The maximum Gasteiger partial charge on any atom is 0.240 e. The van der Waals surface area contributed by atoms with Gasteiger partial charge in [0, 0.05) is 6.04 Å². The van der Waals surface area contributed by atoms with Crippen LogP contribution in [0.3, 0.4) is 0 Å². The van der Waals surface area contributed by atoms with E-state index in [-0.39, 0.29) is 12.5 Å². The highest BCUT2D eigenvalue weighted by Crippen LogP contribution is 2.47. The van der Waals surface area contributed by atoms with E-state index in [2.05, 4.69) is 20.3 Å². The Bertz CT molecular complexity index is 754. The summed E-state index contributed by atoms with van der Waals surface area (Å²) in [5.74, 6) is 0.357. The molecule has 134 valence electrons. The first kappa shape index (κ1) is 16.3. The molecule has 0 aliphatic heterocycles. The molecule has 4 rings (SSSR count). The molecule has 2 aliphatic rings. The lowest BCUT2D eigenvalue weighted by Gasteiger charge is -2.43. The molecule has 0 unspecified atom stereocenters. The number of nitrogens with two attached hydrogens (primary N) is 1. The summed E-state index contributed by atoms with van der Waals surface area (Å²) in [6, 6.07) is 0.300. The Morgan fingerprint density at radius 2 is 1.92 bits per heavy atom. The molecule has 3 N–H and O–H groups in total. The smallest absolute Gasteiger partial charge is 0.240 e. The van der Waals surface area contributed by atoms with Crippen molar-refractivity contribution in [3.8, 4) is 0 Å². The largest absolute Gasteiger partial charge is 0.382 e. The lowest BCUT2D eigenvalue weighted by atomic mass is 9.64. The fourth-order valence-electron chi connectivity index (χ4n) is 4.62. The topological polar surface area (TPSA) is 98.7 Å². The van der Waals surface area contributed by atoms with Crippen LogP contribution >= 0.6 is 0 Å². The normalized spacial score (nSPS) is 20.8. The van der Waals surface area contributed by atoms with Gasteiger partial charge in [-0.25, -0.2) is 15.0 Å². The van der Waals surface area contributed by atoms with E-state index in [4.69, 9.17) is 5.73 Å². The molecule has 0 bridgehead atoms. The molecule has 1 spiro atoms. The molecule has 0 atom stereocenters. The summed E-state index contributed by atoms with van der Waals surface area (Å²) in [7, 11) is 0. The van der Waals surface area contributed by atoms with E-state index >= 15 is 0 Å². The molecule has 2 aromatic rings. The van der Waals surface area contributed by atoms with Crippen molar-refractivity contribution in [2.75, 3.05) is 5.73 Å². The third-order valence-corrected chi connectivity index (χ3v) is 6.07. The van der Waals surface area contributed by atoms with Gasteiger partial charge in [-0.05, 0) is 43.9 Å². The van der Waals surface area contributed by atoms with Gasteiger partial charge in [0.05, 0.1) is 6.33 Å². The van der Waals surface area contributed by atoms with Crippen LogP contribution in [-0.2, 0) is 11.3 Å². The predicted octanol–water partition coefficient (Wildman–Crippen LogP) is 2.42. The zero-order valence-electron chi connectivity index (χ0n) is 14.6. The van der Waals surface area contributed by atoms with Crippen LogP contribution in [0.2, 0.25) is 0 Å². The Labute approximate surface area is 147 Å². The molecule has 0 radical (unpaired) electrons. The first-order valence-corrected chi connectivity index (χ1v) is 9.36. The highest BCUT2D eigenvalue weighted by Gasteiger charge is 2.36. The fraction of sp³-hybridized carbons (Fsp3) is 0.667. The number of aromatic nitrogens is 4. The molecule has 2 heterocycles. The number of rotatable bonds is 3. The molecule has 7 nitrogen and oxygen atoms in total. The van der Waals surface area contributed by atoms with Crippen LogP contribution in [0.25, 0.3) is 11.2 Å². The van der Waals surface area contributed by atoms with Crippen molar-refractivity contribution in [1.82, 2.24) is 24.8 Å². The molecule has 7 heteroatoms. The lowest BCUT2D eigenvalue weighted by molar-refractivity contribution is -0.122. The number of nitrogen functional groups attached to an aromatic ring is 1. The number of amides is 1. The van der Waals surface area contributed by atoms with Crippen molar-refractivity contribution in [3.63, 3.8) is 0 Å². The van der Waals surface area contributed by atoms with Gasteiger partial charge in [-0.3, -0.25) is 4.79 Å². The van der Waals surface area contributed by atoms with Crippen LogP contribution in [0.1, 0.15) is 57.8 Å². The average Bonchev–Trinajstić information content (AvgIpc) is 3.02. The van der Waals surface area contributed by atoms with Crippen molar-refractivity contribution in [2.45, 2.75) is 70.4 Å². The van der Waals surface area contributed by atoms with Crippen LogP contribution in [0.5, 0.6) is 0 Å². The van der Waals surface area contributed by atoms with Gasteiger partial charge in [-0.1, -0.05) is 19.3 Å². The number of hydrogen-bond acceptors (Lipinski definition) is 5. The maximum absolute atomic E-state index is 12.4. The van der Waals surface area contributed by atoms with Crippen LogP contribution in [0.4, 0.5) is 5.82 Å². The Kier molecular flexibility index (Phi) is 4.31. The molecule has 1 amide bonds. The average molecular weight is 342 g/mol. The van der Waals surface area contributed by atoms with Crippen LogP contribution in [0.15, 0.2) is 12.7 Å². The molecular formula is C18H26N6O. The monoisotopic (exact) mass is 342 g/mol. The molecule has 2 saturated carbocycles. The summed E-state index contributed by atoms with van der Waals surface area (Å²) < 4.78 is 1.73. The summed E-state index contributed by atoms with van der Waals surface area (Å²) in [6.07, 6.45) is 14.7. The predicted molar refractivity (Wildman–Crippen MR) is 95.7 cm³/mol. The first-order valence-electron chi connectivity index (χ1n) is 9.36. The number of anilines is 1. The summed E-state index contributed by atoms with van der Waals surface area (Å²) in [5, 5.41) is 3.20. The Balaban J connectivity index is 1.34. The van der Waals surface area contributed by atoms with Crippen molar-refractivity contribution in [2.24, 2.45) is 5.41 Å². The van der Waals surface area contributed by atoms with E-state index in [0.29, 0.717) is 28.4 Å². The number of carbonyl (C=O) groups excluding carboxylic acids is 1. The van der Waals surface area contributed by atoms with Crippen LogP contribution in [0, 0.1) is 5.41 Å². The minimum Gasteiger partial charge on any atom is -0.382 e. The van der Waals surface area contributed by atoms with E-state index in [1.165, 1.54) is 51.3 Å². The van der Waals surface area contributed by atoms with Gasteiger partial charge in [0.15, 0.2) is 11.5 Å². The van der Waals surface area contributed by atoms with Gasteiger partial charge in [-0.15, -0.1) is 0 Å². The lowest BCUT2D eigenvalue weighted by Crippen LogP contribution is -2.42. The van der Waals surface area contributed by atoms with E-state index in [9.17, 15) is 4.79 Å². The summed E-state index contributed by atoms with van der Waals surface area (Å²) in [4.78, 5) is 24.8. The number of nitrogens with one attached hydrogen (secondary N) is 1. The van der Waals surface area contributed by atoms with Crippen LogP contribution in [-0.4, -0.2) is 31.5 Å². The van der Waals surface area contributed by atoms with Crippen molar-refractivity contribution in [1.29, 1.82) is 0 Å². The van der Waals surface area contributed by atoms with Gasteiger partial charge in [0.25, 0.3) is 0 Å². The van der Waals surface area contributed by atoms with Crippen molar-refractivity contribution < 1.29 is 4.79 Å². The van der Waals surface area contributed by atoms with E-state index in [0.717, 1.165) is 12.8 Å². The van der Waals surface area contributed by atoms with Gasteiger partial charge >= 0.3 is 0 Å². The van der Waals surface area contributed by atoms with Gasteiger partial charge in [0.2, 0.25) is 5.91 Å². The van der Waals surface area contributed by atoms with Crippen LogP contribution < -0.4 is 11.1 Å². The number of carbonyl (C=O) groups is 1. The second-order valence-corrected chi connectivity index (χ2v) is 7.71. The first-order chi connectivity index (χ1) is 12.2. The summed E-state index contributed by atoms with van der Waals surface area (Å²) in [6.45, 7) is 0.217. The van der Waals surface area contributed by atoms with Crippen molar-refractivity contribution in [3.05, 3.63) is 12.7 Å². The van der Waals surface area contributed by atoms with E-state index in [1.54, 1.807) is 10.9 Å². The molecule has 0 saturated heterocycles.